The van der Waals surface area contributed by atoms with Gasteiger partial charge in [0.05, 0.1) is 10.0 Å². The van der Waals surface area contributed by atoms with Gasteiger partial charge in [-0.15, -0.1) is 0 Å². The molecule has 3 rings (SSSR count). The number of aromatic nitrogens is 3. The first-order valence-corrected chi connectivity index (χ1v) is 8.09. The van der Waals surface area contributed by atoms with Crippen LogP contribution in [-0.2, 0) is 6.54 Å². The number of hydrogen-bond acceptors (Lipinski definition) is 5. The summed E-state index contributed by atoms with van der Waals surface area (Å²) in [5.74, 6) is -0.0177. The van der Waals surface area contributed by atoms with E-state index in [1.807, 2.05) is 12.1 Å². The highest BCUT2D eigenvalue weighted by Crippen LogP contribution is 2.26. The Labute approximate surface area is 154 Å². The number of carbonyl (C=O) groups is 1. The lowest BCUT2D eigenvalue weighted by atomic mass is 10.3. The van der Waals surface area contributed by atoms with Crippen LogP contribution in [0.25, 0.3) is 0 Å². The van der Waals surface area contributed by atoms with Crippen LogP contribution in [0.2, 0.25) is 10.0 Å². The van der Waals surface area contributed by atoms with E-state index in [9.17, 15) is 4.79 Å². The number of nitrogens with one attached hydrogen (secondary N) is 2. The topological polar surface area (TPSA) is 79.8 Å². The van der Waals surface area contributed by atoms with E-state index in [2.05, 4.69) is 25.6 Å². The van der Waals surface area contributed by atoms with Crippen molar-refractivity contribution in [1.29, 1.82) is 0 Å². The molecule has 0 aliphatic heterocycles. The van der Waals surface area contributed by atoms with Gasteiger partial charge in [0.25, 0.3) is 5.91 Å². The minimum absolute atomic E-state index is 0.251. The molecule has 1 amide bonds. The second kappa shape index (κ2) is 7.92. The molecule has 0 unspecified atom stereocenters. The molecule has 0 aliphatic rings. The number of halogens is 2. The van der Waals surface area contributed by atoms with Crippen molar-refractivity contribution in [2.45, 2.75) is 6.54 Å². The van der Waals surface area contributed by atoms with E-state index in [1.54, 1.807) is 36.7 Å². The van der Waals surface area contributed by atoms with Crippen molar-refractivity contribution in [2.75, 3.05) is 5.32 Å². The van der Waals surface area contributed by atoms with Gasteiger partial charge in [0.2, 0.25) is 5.95 Å². The first-order valence-electron chi connectivity index (χ1n) is 7.34. The Kier molecular flexibility index (Phi) is 5.42. The summed E-state index contributed by atoms with van der Waals surface area (Å²) in [4.78, 5) is 24.5. The SMILES string of the molecule is O=C(NCc1cccnc1)c1ccnc(Nc2ccc(Cl)c(Cl)c2)n1. The molecular weight excluding hydrogens is 361 g/mol. The molecule has 2 heterocycles. The first kappa shape index (κ1) is 17.1. The smallest absolute Gasteiger partial charge is 0.270 e. The minimum Gasteiger partial charge on any atom is -0.347 e. The van der Waals surface area contributed by atoms with Gasteiger partial charge in [-0.1, -0.05) is 29.3 Å². The summed E-state index contributed by atoms with van der Waals surface area (Å²) in [7, 11) is 0. The van der Waals surface area contributed by atoms with Gasteiger partial charge in [-0.3, -0.25) is 9.78 Å². The van der Waals surface area contributed by atoms with Crippen LogP contribution in [-0.4, -0.2) is 20.9 Å². The fraction of sp³-hybridized carbons (Fsp3) is 0.0588. The molecule has 0 saturated carbocycles. The molecule has 0 radical (unpaired) electrons. The Morgan fingerprint density at radius 3 is 2.72 bits per heavy atom. The van der Waals surface area contributed by atoms with E-state index < -0.39 is 0 Å². The zero-order chi connectivity index (χ0) is 17.6. The predicted octanol–water partition coefficient (Wildman–Crippen LogP) is 3.85. The summed E-state index contributed by atoms with van der Waals surface area (Å²) < 4.78 is 0. The maximum absolute atomic E-state index is 12.2. The first-order chi connectivity index (χ1) is 12.1. The maximum Gasteiger partial charge on any atom is 0.270 e. The standard InChI is InChI=1S/C17H13Cl2N5O/c18-13-4-3-12(8-14(13)19)23-17-21-7-5-15(24-17)16(25)22-10-11-2-1-6-20-9-11/h1-9H,10H2,(H,22,25)(H,21,23,24). The third-order valence-electron chi connectivity index (χ3n) is 3.24. The van der Waals surface area contributed by atoms with Gasteiger partial charge < -0.3 is 10.6 Å². The van der Waals surface area contributed by atoms with Crippen LogP contribution in [0.1, 0.15) is 16.1 Å². The highest BCUT2D eigenvalue weighted by atomic mass is 35.5. The number of anilines is 2. The highest BCUT2D eigenvalue weighted by molar-refractivity contribution is 6.42. The van der Waals surface area contributed by atoms with Gasteiger partial charge in [0.1, 0.15) is 5.69 Å². The predicted molar refractivity (Wildman–Crippen MR) is 97.2 cm³/mol. The van der Waals surface area contributed by atoms with Gasteiger partial charge in [-0.05, 0) is 35.9 Å². The van der Waals surface area contributed by atoms with Crippen LogP contribution in [0.3, 0.4) is 0 Å². The lowest BCUT2D eigenvalue weighted by molar-refractivity contribution is 0.0946. The van der Waals surface area contributed by atoms with Crippen LogP contribution in [0.5, 0.6) is 0 Å². The van der Waals surface area contributed by atoms with Gasteiger partial charge >= 0.3 is 0 Å². The second-order valence-corrected chi connectivity index (χ2v) is 5.88. The van der Waals surface area contributed by atoms with Crippen molar-refractivity contribution in [3.63, 3.8) is 0 Å². The lowest BCUT2D eigenvalue weighted by Crippen LogP contribution is -2.24. The fourth-order valence-electron chi connectivity index (χ4n) is 2.02. The highest BCUT2D eigenvalue weighted by Gasteiger charge is 2.09. The van der Waals surface area contributed by atoms with E-state index in [1.165, 1.54) is 6.20 Å². The summed E-state index contributed by atoms with van der Waals surface area (Å²) in [5, 5.41) is 6.64. The van der Waals surface area contributed by atoms with Crippen molar-refractivity contribution in [3.8, 4) is 0 Å². The van der Waals surface area contributed by atoms with Crippen molar-refractivity contribution in [2.24, 2.45) is 0 Å². The quantitative estimate of drug-likeness (QED) is 0.709. The Morgan fingerprint density at radius 2 is 1.96 bits per heavy atom. The zero-order valence-corrected chi connectivity index (χ0v) is 14.4. The van der Waals surface area contributed by atoms with E-state index >= 15 is 0 Å². The molecule has 0 saturated heterocycles. The summed E-state index contributed by atoms with van der Waals surface area (Å²) in [6, 6.07) is 10.3. The molecular formula is C17H13Cl2N5O. The van der Waals surface area contributed by atoms with Crippen LogP contribution >= 0.6 is 23.2 Å². The van der Waals surface area contributed by atoms with E-state index in [0.717, 1.165) is 5.56 Å². The van der Waals surface area contributed by atoms with Crippen LogP contribution < -0.4 is 10.6 Å². The molecule has 25 heavy (non-hydrogen) atoms. The van der Waals surface area contributed by atoms with E-state index in [-0.39, 0.29) is 17.5 Å². The third kappa shape index (κ3) is 4.65. The maximum atomic E-state index is 12.2. The van der Waals surface area contributed by atoms with Gasteiger partial charge in [0, 0.05) is 30.8 Å². The number of carbonyl (C=O) groups excluding carboxylic acids is 1. The molecule has 0 bridgehead atoms. The molecule has 2 N–H and O–H groups in total. The fourth-order valence-corrected chi connectivity index (χ4v) is 2.32. The molecule has 0 fully saturated rings. The second-order valence-electron chi connectivity index (χ2n) is 5.06. The zero-order valence-electron chi connectivity index (χ0n) is 12.9. The van der Waals surface area contributed by atoms with Gasteiger partial charge in [-0.2, -0.15) is 0 Å². The summed E-state index contributed by atoms with van der Waals surface area (Å²) in [5.41, 5.74) is 1.82. The lowest BCUT2D eigenvalue weighted by Gasteiger charge is -2.08. The summed E-state index contributed by atoms with van der Waals surface area (Å²) >= 11 is 11.9. The van der Waals surface area contributed by atoms with Crippen molar-refractivity contribution in [1.82, 2.24) is 20.3 Å². The van der Waals surface area contributed by atoms with Crippen molar-refractivity contribution >= 4 is 40.7 Å². The van der Waals surface area contributed by atoms with E-state index in [0.29, 0.717) is 22.3 Å². The average molecular weight is 374 g/mol. The van der Waals surface area contributed by atoms with Crippen LogP contribution in [0, 0.1) is 0 Å². The third-order valence-corrected chi connectivity index (χ3v) is 3.98. The van der Waals surface area contributed by atoms with Gasteiger partial charge in [0.15, 0.2) is 0 Å². The monoisotopic (exact) mass is 373 g/mol. The Morgan fingerprint density at radius 1 is 1.08 bits per heavy atom. The largest absolute Gasteiger partial charge is 0.347 e. The van der Waals surface area contributed by atoms with E-state index in [4.69, 9.17) is 23.2 Å². The number of nitrogens with zero attached hydrogens (tertiary/aromatic N) is 3. The molecule has 0 aliphatic carbocycles. The Hall–Kier alpha value is -2.70. The summed E-state index contributed by atoms with van der Waals surface area (Å²) in [6.07, 6.45) is 4.88. The minimum atomic E-state index is -0.302. The molecule has 6 nitrogen and oxygen atoms in total. The number of benzene rings is 1. The number of pyridine rings is 1. The number of rotatable bonds is 5. The van der Waals surface area contributed by atoms with Crippen molar-refractivity contribution in [3.05, 3.63) is 76.3 Å². The Bertz CT molecular complexity index is 889. The van der Waals surface area contributed by atoms with Gasteiger partial charge in [-0.25, -0.2) is 9.97 Å². The van der Waals surface area contributed by atoms with Crippen molar-refractivity contribution < 1.29 is 4.79 Å². The average Bonchev–Trinajstić information content (AvgIpc) is 2.64. The molecule has 2 aromatic heterocycles. The molecule has 8 heteroatoms. The normalized spacial score (nSPS) is 10.3. The molecule has 126 valence electrons. The Balaban J connectivity index is 1.68. The van der Waals surface area contributed by atoms with Crippen LogP contribution in [0.15, 0.2) is 55.0 Å². The van der Waals surface area contributed by atoms with Crippen LogP contribution in [0.4, 0.5) is 11.6 Å². The molecule has 0 spiro atoms. The summed E-state index contributed by atoms with van der Waals surface area (Å²) in [6.45, 7) is 0.367. The molecule has 1 aromatic carbocycles. The number of hydrogen-bond donors (Lipinski definition) is 2. The molecule has 3 aromatic rings. The molecule has 0 atom stereocenters. The number of amides is 1.